The minimum absolute atomic E-state index is 0.0586. The minimum Gasteiger partial charge on any atom is -0.341 e. The smallest absolute Gasteiger partial charge is 0.253 e. The maximum atomic E-state index is 12.0. The second-order valence-corrected chi connectivity index (χ2v) is 7.63. The zero-order valence-corrected chi connectivity index (χ0v) is 13.1. The number of hydrogen-bond donors (Lipinski definition) is 0. The van der Waals surface area contributed by atoms with Crippen LogP contribution in [-0.2, 0) is 9.84 Å². The van der Waals surface area contributed by atoms with Crippen molar-refractivity contribution in [3.63, 3.8) is 0 Å². The molecule has 1 aromatic carbocycles. The van der Waals surface area contributed by atoms with Crippen molar-refractivity contribution in [3.05, 3.63) is 33.3 Å². The van der Waals surface area contributed by atoms with E-state index >= 15 is 0 Å². The van der Waals surface area contributed by atoms with Crippen molar-refractivity contribution in [2.75, 3.05) is 25.6 Å². The molecular weight excluding hydrogens is 342 g/mol. The molecule has 7 heteroatoms. The van der Waals surface area contributed by atoms with Gasteiger partial charge in [0.2, 0.25) is 0 Å². The van der Waals surface area contributed by atoms with Gasteiger partial charge in [-0.05, 0) is 18.2 Å². The summed E-state index contributed by atoms with van der Waals surface area (Å²) in [5.41, 5.74) is 0.422. The average molecular weight is 355 g/mol. The predicted molar refractivity (Wildman–Crippen MR) is 75.8 cm³/mol. The lowest BCUT2D eigenvalue weighted by Gasteiger charge is -2.16. The van der Waals surface area contributed by atoms with Crippen LogP contribution in [0, 0.1) is 0 Å². The zero-order chi connectivity index (χ0) is 13.9. The van der Waals surface area contributed by atoms with Crippen LogP contribution >= 0.6 is 27.5 Å². The molecule has 0 atom stereocenters. The molecule has 0 radical (unpaired) electrons. The number of nitrogens with zero attached hydrogens (tertiary/aromatic N) is 1. The summed E-state index contributed by atoms with van der Waals surface area (Å²) in [5, 5.41) is 0.448. The summed E-state index contributed by atoms with van der Waals surface area (Å²) in [4.78, 5) is 13.4. The third-order valence-corrected chi connectivity index (χ3v) is 3.85. The zero-order valence-electron chi connectivity index (χ0n) is 9.98. The molecule has 1 rings (SSSR count). The first-order valence-corrected chi connectivity index (χ1v) is 8.31. The van der Waals surface area contributed by atoms with Crippen LogP contribution in [0.15, 0.2) is 22.7 Å². The van der Waals surface area contributed by atoms with Crippen molar-refractivity contribution >= 4 is 43.3 Å². The summed E-state index contributed by atoms with van der Waals surface area (Å²) in [6, 6.07) is 4.87. The summed E-state index contributed by atoms with van der Waals surface area (Å²) in [5.74, 6) is -0.321. The molecule has 100 valence electrons. The van der Waals surface area contributed by atoms with E-state index in [1.54, 1.807) is 25.2 Å². The molecule has 0 fully saturated rings. The molecule has 0 saturated carbocycles. The molecule has 4 nitrogen and oxygen atoms in total. The van der Waals surface area contributed by atoms with E-state index in [1.165, 1.54) is 4.90 Å². The van der Waals surface area contributed by atoms with Crippen molar-refractivity contribution in [2.45, 2.75) is 0 Å². The van der Waals surface area contributed by atoms with Crippen LogP contribution in [0.2, 0.25) is 5.02 Å². The standard InChI is InChI=1S/C11H13BrClNO3S/c1-14(3-4-18(2,16)17)11(15)8-5-9(12)7-10(13)6-8/h5-7H,3-4H2,1-2H3. The van der Waals surface area contributed by atoms with E-state index in [0.29, 0.717) is 15.1 Å². The Morgan fingerprint density at radius 3 is 2.50 bits per heavy atom. The van der Waals surface area contributed by atoms with Crippen molar-refractivity contribution in [3.8, 4) is 0 Å². The van der Waals surface area contributed by atoms with E-state index in [9.17, 15) is 13.2 Å². The average Bonchev–Trinajstić information content (AvgIpc) is 2.22. The SMILES string of the molecule is CN(CCS(C)(=O)=O)C(=O)c1cc(Cl)cc(Br)c1. The Labute approximate surface area is 120 Å². The van der Waals surface area contributed by atoms with Gasteiger partial charge >= 0.3 is 0 Å². The Bertz CT molecular complexity index is 539. The van der Waals surface area contributed by atoms with E-state index < -0.39 is 9.84 Å². The summed E-state index contributed by atoms with van der Waals surface area (Å²) in [6.07, 6.45) is 1.14. The van der Waals surface area contributed by atoms with Gasteiger partial charge in [0.1, 0.15) is 9.84 Å². The summed E-state index contributed by atoms with van der Waals surface area (Å²) in [6.45, 7) is 0.155. The Kier molecular flexibility index (Phi) is 5.19. The molecule has 1 aromatic rings. The Balaban J connectivity index is 2.80. The monoisotopic (exact) mass is 353 g/mol. The van der Waals surface area contributed by atoms with Gasteiger partial charge in [0.05, 0.1) is 5.75 Å². The normalized spacial score (nSPS) is 11.3. The third kappa shape index (κ3) is 4.96. The van der Waals surface area contributed by atoms with E-state index in [-0.39, 0.29) is 18.2 Å². The summed E-state index contributed by atoms with van der Waals surface area (Å²) < 4.78 is 22.8. The number of carbonyl (C=O) groups excluding carboxylic acids is 1. The molecule has 0 bridgehead atoms. The molecule has 0 aliphatic heterocycles. The molecule has 0 saturated heterocycles. The number of carbonyl (C=O) groups is 1. The fourth-order valence-corrected chi connectivity index (χ4v) is 2.77. The van der Waals surface area contributed by atoms with Crippen molar-refractivity contribution in [1.82, 2.24) is 4.90 Å². The molecule has 0 aliphatic rings. The van der Waals surface area contributed by atoms with Gasteiger partial charge < -0.3 is 4.90 Å². The predicted octanol–water partition coefficient (Wildman–Crippen LogP) is 2.22. The van der Waals surface area contributed by atoms with Crippen LogP contribution in [0.4, 0.5) is 0 Å². The first-order valence-electron chi connectivity index (χ1n) is 5.08. The Hall–Kier alpha value is -0.590. The number of rotatable bonds is 4. The van der Waals surface area contributed by atoms with E-state index in [4.69, 9.17) is 11.6 Å². The number of halogens is 2. The quantitative estimate of drug-likeness (QED) is 0.833. The highest BCUT2D eigenvalue weighted by Gasteiger charge is 2.14. The van der Waals surface area contributed by atoms with Crippen LogP contribution < -0.4 is 0 Å². The first-order chi connectivity index (χ1) is 8.19. The van der Waals surface area contributed by atoms with Gasteiger partial charge in [0, 0.05) is 34.9 Å². The highest BCUT2D eigenvalue weighted by molar-refractivity contribution is 9.10. The van der Waals surface area contributed by atoms with Crippen molar-refractivity contribution in [1.29, 1.82) is 0 Å². The van der Waals surface area contributed by atoms with E-state index in [1.807, 2.05) is 0 Å². The van der Waals surface area contributed by atoms with Crippen molar-refractivity contribution in [2.24, 2.45) is 0 Å². The maximum absolute atomic E-state index is 12.0. The Morgan fingerprint density at radius 2 is 2.00 bits per heavy atom. The van der Waals surface area contributed by atoms with Crippen LogP contribution in [-0.4, -0.2) is 44.8 Å². The number of benzene rings is 1. The topological polar surface area (TPSA) is 54.5 Å². The molecular formula is C11H13BrClNO3S. The number of hydrogen-bond acceptors (Lipinski definition) is 3. The van der Waals surface area contributed by atoms with Gasteiger partial charge in [0.15, 0.2) is 0 Å². The second kappa shape index (κ2) is 6.04. The third-order valence-electron chi connectivity index (χ3n) is 2.25. The highest BCUT2D eigenvalue weighted by Crippen LogP contribution is 2.20. The number of sulfone groups is 1. The lowest BCUT2D eigenvalue weighted by atomic mass is 10.2. The van der Waals surface area contributed by atoms with Gasteiger partial charge in [-0.3, -0.25) is 4.79 Å². The molecule has 0 aromatic heterocycles. The van der Waals surface area contributed by atoms with E-state index in [2.05, 4.69) is 15.9 Å². The molecule has 0 unspecified atom stereocenters. The lowest BCUT2D eigenvalue weighted by Crippen LogP contribution is -2.31. The van der Waals surface area contributed by atoms with Gasteiger partial charge in [-0.2, -0.15) is 0 Å². The van der Waals surface area contributed by atoms with Crippen LogP contribution in [0.5, 0.6) is 0 Å². The number of amides is 1. The molecule has 0 N–H and O–H groups in total. The fourth-order valence-electron chi connectivity index (χ4n) is 1.30. The highest BCUT2D eigenvalue weighted by atomic mass is 79.9. The van der Waals surface area contributed by atoms with Crippen LogP contribution in [0.25, 0.3) is 0 Å². The van der Waals surface area contributed by atoms with Crippen molar-refractivity contribution < 1.29 is 13.2 Å². The summed E-state index contributed by atoms with van der Waals surface area (Å²) in [7, 11) is -1.52. The minimum atomic E-state index is -3.08. The van der Waals surface area contributed by atoms with E-state index in [0.717, 1.165) is 6.26 Å². The fraction of sp³-hybridized carbons (Fsp3) is 0.364. The molecule has 1 amide bonds. The molecule has 0 spiro atoms. The molecule has 18 heavy (non-hydrogen) atoms. The molecule has 0 heterocycles. The van der Waals surface area contributed by atoms with Gasteiger partial charge in [-0.25, -0.2) is 8.42 Å². The van der Waals surface area contributed by atoms with Gasteiger partial charge in [-0.1, -0.05) is 27.5 Å². The first kappa shape index (κ1) is 15.5. The molecule has 0 aliphatic carbocycles. The van der Waals surface area contributed by atoms with Gasteiger partial charge in [0.25, 0.3) is 5.91 Å². The Morgan fingerprint density at radius 1 is 1.39 bits per heavy atom. The van der Waals surface area contributed by atoms with Gasteiger partial charge in [-0.15, -0.1) is 0 Å². The van der Waals surface area contributed by atoms with Crippen LogP contribution in [0.1, 0.15) is 10.4 Å². The summed E-state index contributed by atoms with van der Waals surface area (Å²) >= 11 is 9.10. The second-order valence-electron chi connectivity index (χ2n) is 4.01. The largest absolute Gasteiger partial charge is 0.341 e. The van der Waals surface area contributed by atoms with Crippen LogP contribution in [0.3, 0.4) is 0 Å². The lowest BCUT2D eigenvalue weighted by molar-refractivity contribution is 0.0803. The maximum Gasteiger partial charge on any atom is 0.253 e.